The highest BCUT2D eigenvalue weighted by Crippen LogP contribution is 2.45. The van der Waals surface area contributed by atoms with Crippen molar-refractivity contribution in [3.63, 3.8) is 0 Å². The Morgan fingerprint density at radius 3 is 2.00 bits per heavy atom. The van der Waals surface area contributed by atoms with Crippen LogP contribution >= 0.6 is 50.5 Å². The van der Waals surface area contributed by atoms with Crippen molar-refractivity contribution in [1.82, 2.24) is 0 Å². The molecule has 3 nitrogen and oxygen atoms in total. The number of thiophene rings is 1. The Balaban J connectivity index is 2.48. The Morgan fingerprint density at radius 2 is 1.62 bits per heavy atom. The van der Waals surface area contributed by atoms with Gasteiger partial charge >= 0.3 is 0 Å². The second kappa shape index (κ2) is 7.09. The average Bonchev–Trinajstić information content (AvgIpc) is 2.84. The molecule has 21 heavy (non-hydrogen) atoms. The van der Waals surface area contributed by atoms with Crippen molar-refractivity contribution in [3.05, 3.63) is 37.4 Å². The number of halogens is 3. The number of ether oxygens (including phenoxy) is 3. The fourth-order valence-corrected chi connectivity index (χ4v) is 3.97. The molecule has 7 heteroatoms. The molecule has 0 aliphatic carbocycles. The third-order valence-corrected chi connectivity index (χ3v) is 6.05. The van der Waals surface area contributed by atoms with Gasteiger partial charge in [-0.1, -0.05) is 11.6 Å². The summed E-state index contributed by atoms with van der Waals surface area (Å²) in [6.45, 7) is 0. The first-order valence-corrected chi connectivity index (χ1v) is 8.32. The summed E-state index contributed by atoms with van der Waals surface area (Å²) < 4.78 is 17.5. The molecule has 1 atom stereocenters. The molecule has 1 aromatic heterocycles. The molecule has 0 N–H and O–H groups in total. The third kappa shape index (κ3) is 3.42. The zero-order chi connectivity index (χ0) is 15.6. The van der Waals surface area contributed by atoms with E-state index in [1.165, 1.54) is 11.3 Å². The number of hydrogen-bond donors (Lipinski definition) is 0. The van der Waals surface area contributed by atoms with Crippen LogP contribution in [0.15, 0.2) is 22.7 Å². The second-order valence-electron chi connectivity index (χ2n) is 4.09. The fourth-order valence-electron chi connectivity index (χ4n) is 1.90. The molecule has 114 valence electrons. The molecular weight excluding hydrogens is 399 g/mol. The molecule has 0 bridgehead atoms. The van der Waals surface area contributed by atoms with Gasteiger partial charge in [0.2, 0.25) is 5.75 Å². The molecule has 0 aliphatic rings. The summed E-state index contributed by atoms with van der Waals surface area (Å²) >= 11 is 17.4. The Bertz CT molecular complexity index is 601. The zero-order valence-electron chi connectivity index (χ0n) is 11.6. The van der Waals surface area contributed by atoms with Gasteiger partial charge in [0.25, 0.3) is 0 Å². The van der Waals surface area contributed by atoms with Crippen molar-refractivity contribution in [2.24, 2.45) is 0 Å². The van der Waals surface area contributed by atoms with Gasteiger partial charge in [-0.05, 0) is 39.7 Å². The van der Waals surface area contributed by atoms with Gasteiger partial charge in [0.15, 0.2) is 11.5 Å². The Morgan fingerprint density at radius 1 is 1.05 bits per heavy atom. The van der Waals surface area contributed by atoms with E-state index in [2.05, 4.69) is 15.9 Å². The number of rotatable bonds is 5. The topological polar surface area (TPSA) is 27.7 Å². The Labute approximate surface area is 145 Å². The van der Waals surface area contributed by atoms with Crippen LogP contribution < -0.4 is 14.2 Å². The summed E-state index contributed by atoms with van der Waals surface area (Å²) in [5, 5.41) is -0.354. The molecule has 2 aromatic rings. The maximum atomic E-state index is 6.55. The predicted molar refractivity (Wildman–Crippen MR) is 90.8 cm³/mol. The van der Waals surface area contributed by atoms with E-state index in [1.54, 1.807) is 21.3 Å². The largest absolute Gasteiger partial charge is 0.493 e. The molecule has 1 aromatic carbocycles. The number of alkyl halides is 1. The van der Waals surface area contributed by atoms with E-state index in [0.29, 0.717) is 21.6 Å². The predicted octanol–water partition coefficient (Wildman–Crippen LogP) is 5.52. The molecule has 0 radical (unpaired) electrons. The van der Waals surface area contributed by atoms with Crippen LogP contribution in [0, 0.1) is 0 Å². The summed E-state index contributed by atoms with van der Waals surface area (Å²) in [6, 6.07) is 5.58. The van der Waals surface area contributed by atoms with Crippen LogP contribution in [-0.4, -0.2) is 21.3 Å². The molecule has 0 saturated heterocycles. The maximum Gasteiger partial charge on any atom is 0.203 e. The van der Waals surface area contributed by atoms with Crippen molar-refractivity contribution >= 4 is 50.5 Å². The molecule has 0 spiro atoms. The minimum atomic E-state index is -0.354. The van der Waals surface area contributed by atoms with Gasteiger partial charge in [0.1, 0.15) is 4.34 Å². The van der Waals surface area contributed by atoms with Gasteiger partial charge in [-0.15, -0.1) is 22.9 Å². The Kier molecular flexibility index (Phi) is 5.66. The minimum absolute atomic E-state index is 0.354. The van der Waals surface area contributed by atoms with Crippen LogP contribution in [0.3, 0.4) is 0 Å². The van der Waals surface area contributed by atoms with Gasteiger partial charge in [-0.3, -0.25) is 0 Å². The average molecular weight is 412 g/mol. The summed E-state index contributed by atoms with van der Waals surface area (Å²) in [5.74, 6) is 1.68. The highest BCUT2D eigenvalue weighted by atomic mass is 79.9. The summed E-state index contributed by atoms with van der Waals surface area (Å²) in [5.41, 5.74) is 0.844. The van der Waals surface area contributed by atoms with Gasteiger partial charge in [0.05, 0.1) is 26.7 Å². The molecule has 1 unspecified atom stereocenters. The van der Waals surface area contributed by atoms with Crippen LogP contribution in [-0.2, 0) is 0 Å². The minimum Gasteiger partial charge on any atom is -0.493 e. The van der Waals surface area contributed by atoms with Crippen molar-refractivity contribution < 1.29 is 14.2 Å². The molecule has 0 aliphatic heterocycles. The Hall–Kier alpha value is -0.620. The molecule has 0 amide bonds. The van der Waals surface area contributed by atoms with Crippen LogP contribution in [0.25, 0.3) is 0 Å². The van der Waals surface area contributed by atoms with Crippen molar-refractivity contribution in [1.29, 1.82) is 0 Å². The lowest BCUT2D eigenvalue weighted by Crippen LogP contribution is -1.98. The van der Waals surface area contributed by atoms with Gasteiger partial charge in [-0.25, -0.2) is 0 Å². The van der Waals surface area contributed by atoms with Gasteiger partial charge < -0.3 is 14.2 Å². The molecule has 1 heterocycles. The van der Waals surface area contributed by atoms with Crippen LogP contribution in [0.5, 0.6) is 17.2 Å². The zero-order valence-corrected chi connectivity index (χ0v) is 15.5. The number of benzene rings is 1. The van der Waals surface area contributed by atoms with E-state index >= 15 is 0 Å². The third-order valence-electron chi connectivity index (χ3n) is 2.89. The molecule has 2 rings (SSSR count). The fraction of sp³-hybridized carbons (Fsp3) is 0.286. The highest BCUT2D eigenvalue weighted by Gasteiger charge is 2.20. The van der Waals surface area contributed by atoms with E-state index in [1.807, 2.05) is 18.2 Å². The first-order chi connectivity index (χ1) is 10.0. The highest BCUT2D eigenvalue weighted by molar-refractivity contribution is 9.10. The van der Waals surface area contributed by atoms with Crippen LogP contribution in [0.1, 0.15) is 15.8 Å². The molecular formula is C14H13BrCl2O3S. The number of methoxy groups -OCH3 is 3. The quantitative estimate of drug-likeness (QED) is 0.606. The van der Waals surface area contributed by atoms with E-state index in [-0.39, 0.29) is 5.38 Å². The smallest absolute Gasteiger partial charge is 0.203 e. The normalized spacial score (nSPS) is 12.1. The van der Waals surface area contributed by atoms with Crippen LogP contribution in [0.2, 0.25) is 4.34 Å². The van der Waals surface area contributed by atoms with Crippen molar-refractivity contribution in [2.45, 2.75) is 5.38 Å². The van der Waals surface area contributed by atoms with E-state index in [9.17, 15) is 0 Å². The number of hydrogen-bond acceptors (Lipinski definition) is 4. The van der Waals surface area contributed by atoms with E-state index in [4.69, 9.17) is 37.4 Å². The monoisotopic (exact) mass is 410 g/mol. The summed E-state index contributed by atoms with van der Waals surface area (Å²) in [6.07, 6.45) is 0. The van der Waals surface area contributed by atoms with Crippen molar-refractivity contribution in [2.75, 3.05) is 21.3 Å². The molecule has 0 saturated carbocycles. The summed E-state index contributed by atoms with van der Waals surface area (Å²) in [7, 11) is 4.71. The van der Waals surface area contributed by atoms with E-state index in [0.717, 1.165) is 14.9 Å². The van der Waals surface area contributed by atoms with Gasteiger partial charge in [0, 0.05) is 9.35 Å². The maximum absolute atomic E-state index is 6.55. The second-order valence-corrected chi connectivity index (χ2v) is 7.07. The lowest BCUT2D eigenvalue weighted by molar-refractivity contribution is 0.324. The first-order valence-electron chi connectivity index (χ1n) is 5.90. The van der Waals surface area contributed by atoms with Crippen LogP contribution in [0.4, 0.5) is 0 Å². The van der Waals surface area contributed by atoms with Crippen molar-refractivity contribution in [3.8, 4) is 17.2 Å². The van der Waals surface area contributed by atoms with Gasteiger partial charge in [-0.2, -0.15) is 0 Å². The summed E-state index contributed by atoms with van der Waals surface area (Å²) in [4.78, 5) is 0.933. The standard InChI is InChI=1S/C14H13BrCl2O3S/c1-18-9-4-7(5-10(19-2)13(9)20-3)12(16)11-6-8(15)14(17)21-11/h4-6,12H,1-3H3. The van der Waals surface area contributed by atoms with E-state index < -0.39 is 0 Å². The lowest BCUT2D eigenvalue weighted by Gasteiger charge is -2.16. The first kappa shape index (κ1) is 16.7. The lowest BCUT2D eigenvalue weighted by atomic mass is 10.1. The SMILES string of the molecule is COc1cc(C(Cl)c2cc(Br)c(Cl)s2)cc(OC)c1OC. The molecule has 0 fully saturated rings.